The number of nitrogens with zero attached hydrogens (tertiary/aromatic N) is 3. The minimum Gasteiger partial charge on any atom is -0.497 e. The molecule has 2 aromatic heterocycles. The van der Waals surface area contributed by atoms with Crippen molar-refractivity contribution < 1.29 is 14.1 Å². The van der Waals surface area contributed by atoms with Crippen molar-refractivity contribution in [2.24, 2.45) is 0 Å². The molecule has 0 atom stereocenters. The third kappa shape index (κ3) is 4.72. The first-order chi connectivity index (χ1) is 16.3. The Kier molecular flexibility index (Phi) is 6.51. The summed E-state index contributed by atoms with van der Waals surface area (Å²) >= 11 is 6.14. The molecule has 4 aromatic rings. The van der Waals surface area contributed by atoms with Gasteiger partial charge in [0.05, 0.1) is 7.11 Å². The van der Waals surface area contributed by atoms with E-state index in [1.165, 1.54) is 4.57 Å². The van der Waals surface area contributed by atoms with Gasteiger partial charge in [0.15, 0.2) is 0 Å². The predicted molar refractivity (Wildman–Crippen MR) is 130 cm³/mol. The number of nitrogens with one attached hydrogen (secondary N) is 1. The van der Waals surface area contributed by atoms with Gasteiger partial charge in [-0.3, -0.25) is 9.59 Å². The van der Waals surface area contributed by atoms with Gasteiger partial charge in [-0.1, -0.05) is 22.8 Å². The number of anilines is 1. The van der Waals surface area contributed by atoms with E-state index in [9.17, 15) is 9.59 Å². The molecule has 8 nitrogen and oxygen atoms in total. The van der Waals surface area contributed by atoms with Gasteiger partial charge in [0.1, 0.15) is 17.9 Å². The number of benzene rings is 2. The van der Waals surface area contributed by atoms with Gasteiger partial charge in [0.25, 0.3) is 11.4 Å². The second-order valence-electron chi connectivity index (χ2n) is 7.90. The monoisotopic (exact) mass is 478 g/mol. The van der Waals surface area contributed by atoms with Crippen molar-refractivity contribution in [3.8, 4) is 28.6 Å². The van der Waals surface area contributed by atoms with Gasteiger partial charge >= 0.3 is 0 Å². The molecule has 0 spiro atoms. The number of amides is 1. The molecule has 1 amide bonds. The topological polar surface area (TPSA) is 99.3 Å². The maximum Gasteiger partial charge on any atom is 0.264 e. The molecular weight excluding hydrogens is 456 g/mol. The molecule has 34 heavy (non-hydrogen) atoms. The van der Waals surface area contributed by atoms with E-state index >= 15 is 0 Å². The Morgan fingerprint density at radius 1 is 1.09 bits per heavy atom. The number of hydrogen-bond donors (Lipinski definition) is 1. The van der Waals surface area contributed by atoms with E-state index < -0.39 is 0 Å². The number of aryl methyl sites for hydroxylation is 3. The van der Waals surface area contributed by atoms with Crippen LogP contribution in [0.2, 0.25) is 5.02 Å². The SMILES string of the molecule is COc1ccc(-c2noc(-c3c(C)cc(C)n(CC(=O)Nc4ccc(C)c(Cl)c4)c3=O)n2)cc1. The van der Waals surface area contributed by atoms with Crippen LogP contribution in [0.1, 0.15) is 16.8 Å². The van der Waals surface area contributed by atoms with Gasteiger partial charge in [0, 0.05) is 22.0 Å². The van der Waals surface area contributed by atoms with Gasteiger partial charge < -0.3 is 19.1 Å². The fourth-order valence-corrected chi connectivity index (χ4v) is 3.76. The van der Waals surface area contributed by atoms with Crippen molar-refractivity contribution in [1.29, 1.82) is 0 Å². The van der Waals surface area contributed by atoms with Crippen LogP contribution in [0.3, 0.4) is 0 Å². The van der Waals surface area contributed by atoms with Crippen LogP contribution in [0.25, 0.3) is 22.8 Å². The molecule has 0 aliphatic carbocycles. The number of aromatic nitrogens is 3. The fourth-order valence-electron chi connectivity index (χ4n) is 3.58. The Labute approximate surface area is 201 Å². The molecular formula is C25H23ClN4O4. The summed E-state index contributed by atoms with van der Waals surface area (Å²) in [5, 5.41) is 7.34. The minimum atomic E-state index is -0.389. The maximum absolute atomic E-state index is 13.3. The molecule has 2 heterocycles. The zero-order valence-electron chi connectivity index (χ0n) is 19.2. The number of hydrogen-bond acceptors (Lipinski definition) is 6. The molecule has 0 fully saturated rings. The second kappa shape index (κ2) is 9.52. The molecule has 0 bridgehead atoms. The number of ether oxygens (including phenoxy) is 1. The van der Waals surface area contributed by atoms with E-state index in [0.717, 1.165) is 11.1 Å². The number of carbonyl (C=O) groups excluding carboxylic acids is 1. The highest BCUT2D eigenvalue weighted by molar-refractivity contribution is 6.31. The Bertz CT molecular complexity index is 1420. The zero-order chi connectivity index (χ0) is 24.4. The van der Waals surface area contributed by atoms with Crippen LogP contribution in [-0.2, 0) is 11.3 Å². The van der Waals surface area contributed by atoms with E-state index in [-0.39, 0.29) is 29.5 Å². The van der Waals surface area contributed by atoms with Crippen LogP contribution in [0.15, 0.2) is 57.8 Å². The molecule has 0 unspecified atom stereocenters. The summed E-state index contributed by atoms with van der Waals surface area (Å²) in [7, 11) is 1.59. The van der Waals surface area contributed by atoms with E-state index in [2.05, 4.69) is 15.5 Å². The molecule has 0 aliphatic rings. The quantitative estimate of drug-likeness (QED) is 0.427. The van der Waals surface area contributed by atoms with Gasteiger partial charge in [-0.05, 0) is 74.4 Å². The summed E-state index contributed by atoms with van der Waals surface area (Å²) in [5.74, 6) is 0.783. The van der Waals surface area contributed by atoms with Gasteiger partial charge in [-0.15, -0.1) is 0 Å². The van der Waals surface area contributed by atoms with Crippen LogP contribution in [0, 0.1) is 20.8 Å². The van der Waals surface area contributed by atoms with Crippen LogP contribution in [0.4, 0.5) is 5.69 Å². The lowest BCUT2D eigenvalue weighted by Crippen LogP contribution is -2.30. The van der Waals surface area contributed by atoms with Crippen molar-refractivity contribution in [3.05, 3.63) is 80.7 Å². The van der Waals surface area contributed by atoms with Crippen molar-refractivity contribution in [1.82, 2.24) is 14.7 Å². The Morgan fingerprint density at radius 3 is 2.50 bits per heavy atom. The summed E-state index contributed by atoms with van der Waals surface area (Å²) in [6, 6.07) is 14.2. The van der Waals surface area contributed by atoms with Crippen LogP contribution in [-0.4, -0.2) is 27.7 Å². The summed E-state index contributed by atoms with van der Waals surface area (Å²) in [6.45, 7) is 5.26. The molecule has 0 aliphatic heterocycles. The van der Waals surface area contributed by atoms with Crippen LogP contribution in [0.5, 0.6) is 5.75 Å². The Morgan fingerprint density at radius 2 is 1.82 bits per heavy atom. The first-order valence-corrected chi connectivity index (χ1v) is 10.9. The molecule has 0 saturated heterocycles. The van der Waals surface area contributed by atoms with E-state index in [1.807, 2.05) is 19.1 Å². The standard InChI is InChI=1S/C25H23ClN4O4/c1-14-5-8-18(12-20(14)26)27-21(31)13-30-16(3)11-15(2)22(25(30)32)24-28-23(29-34-24)17-6-9-19(33-4)10-7-17/h5-12H,13H2,1-4H3,(H,27,31). The van der Waals surface area contributed by atoms with Gasteiger partial charge in [-0.2, -0.15) is 4.98 Å². The van der Waals surface area contributed by atoms with Crippen LogP contribution < -0.4 is 15.6 Å². The smallest absolute Gasteiger partial charge is 0.264 e. The summed E-state index contributed by atoms with van der Waals surface area (Å²) < 4.78 is 12.0. The molecule has 2 aromatic carbocycles. The number of pyridine rings is 1. The van der Waals surface area contributed by atoms with Crippen molar-refractivity contribution >= 4 is 23.2 Å². The van der Waals surface area contributed by atoms with Crippen LogP contribution >= 0.6 is 11.6 Å². The number of rotatable bonds is 6. The lowest BCUT2D eigenvalue weighted by atomic mass is 10.1. The summed E-state index contributed by atoms with van der Waals surface area (Å²) in [5.41, 5.74) is 3.36. The highest BCUT2D eigenvalue weighted by Crippen LogP contribution is 2.25. The zero-order valence-corrected chi connectivity index (χ0v) is 19.9. The third-order valence-electron chi connectivity index (χ3n) is 5.45. The highest BCUT2D eigenvalue weighted by atomic mass is 35.5. The normalized spacial score (nSPS) is 10.9. The molecule has 0 radical (unpaired) electrons. The molecule has 9 heteroatoms. The summed E-state index contributed by atoms with van der Waals surface area (Å²) in [4.78, 5) is 30.4. The van der Waals surface area contributed by atoms with Crippen molar-refractivity contribution in [2.45, 2.75) is 27.3 Å². The Hall–Kier alpha value is -3.91. The number of methoxy groups -OCH3 is 1. The molecule has 4 rings (SSSR count). The minimum absolute atomic E-state index is 0.0905. The molecule has 1 N–H and O–H groups in total. The average molecular weight is 479 g/mol. The first-order valence-electron chi connectivity index (χ1n) is 10.5. The number of halogens is 1. The van der Waals surface area contributed by atoms with Gasteiger partial charge in [0.2, 0.25) is 11.7 Å². The largest absolute Gasteiger partial charge is 0.497 e. The maximum atomic E-state index is 13.3. The van der Waals surface area contributed by atoms with E-state index in [4.69, 9.17) is 20.9 Å². The molecule has 174 valence electrons. The molecule has 0 saturated carbocycles. The predicted octanol–water partition coefficient (Wildman–Crippen LogP) is 4.79. The lowest BCUT2D eigenvalue weighted by molar-refractivity contribution is -0.116. The third-order valence-corrected chi connectivity index (χ3v) is 5.86. The van der Waals surface area contributed by atoms with Crippen molar-refractivity contribution in [2.75, 3.05) is 12.4 Å². The second-order valence-corrected chi connectivity index (χ2v) is 8.31. The van der Waals surface area contributed by atoms with Gasteiger partial charge in [-0.25, -0.2) is 0 Å². The highest BCUT2D eigenvalue weighted by Gasteiger charge is 2.20. The summed E-state index contributed by atoms with van der Waals surface area (Å²) in [6.07, 6.45) is 0. The first kappa shape index (κ1) is 23.3. The fraction of sp³-hybridized carbons (Fsp3) is 0.200. The lowest BCUT2D eigenvalue weighted by Gasteiger charge is -2.13. The van der Waals surface area contributed by atoms with E-state index in [1.54, 1.807) is 57.4 Å². The average Bonchev–Trinajstić information content (AvgIpc) is 3.28. The van der Waals surface area contributed by atoms with E-state index in [0.29, 0.717) is 33.5 Å². The number of carbonyl (C=O) groups is 1. The van der Waals surface area contributed by atoms with Crippen molar-refractivity contribution in [3.63, 3.8) is 0 Å². The Balaban J connectivity index is 1.62.